The van der Waals surface area contributed by atoms with Crippen molar-refractivity contribution < 1.29 is 14.3 Å². The first-order valence-electron chi connectivity index (χ1n) is 6.25. The van der Waals surface area contributed by atoms with Gasteiger partial charge in [0.15, 0.2) is 17.3 Å². The van der Waals surface area contributed by atoms with Crippen LogP contribution in [0.4, 0.5) is 0 Å². The molecule has 0 fully saturated rings. The molecular weight excluding hydrogens is 248 g/mol. The Bertz CT molecular complexity index is 431. The number of carbonyl (C=O) groups excluding carboxylic acids is 1. The molecule has 2 rings (SSSR count). The maximum absolute atomic E-state index is 12.0. The summed E-state index contributed by atoms with van der Waals surface area (Å²) in [5.74, 6) is 2.08. The predicted octanol–water partition coefficient (Wildman–Crippen LogP) is 3.17. The van der Waals surface area contributed by atoms with Gasteiger partial charge >= 0.3 is 0 Å². The summed E-state index contributed by atoms with van der Waals surface area (Å²) in [4.78, 5) is 12.0. The van der Waals surface area contributed by atoms with E-state index in [0.717, 1.165) is 12.2 Å². The molecular formula is C14H18O3S. The summed E-state index contributed by atoms with van der Waals surface area (Å²) >= 11 is 1.70. The van der Waals surface area contributed by atoms with E-state index in [2.05, 4.69) is 13.8 Å². The summed E-state index contributed by atoms with van der Waals surface area (Å²) in [6, 6.07) is 5.41. The van der Waals surface area contributed by atoms with Crippen molar-refractivity contribution >= 4 is 17.5 Å². The summed E-state index contributed by atoms with van der Waals surface area (Å²) in [6.45, 7) is 5.39. The average Bonchev–Trinajstić information content (AvgIpc) is 2.43. The van der Waals surface area contributed by atoms with Crippen LogP contribution in [0.5, 0.6) is 11.5 Å². The molecule has 0 saturated heterocycles. The van der Waals surface area contributed by atoms with Crippen molar-refractivity contribution in [3.63, 3.8) is 0 Å². The molecule has 4 heteroatoms. The zero-order valence-electron chi connectivity index (χ0n) is 10.8. The van der Waals surface area contributed by atoms with Crippen molar-refractivity contribution in [3.8, 4) is 11.5 Å². The molecule has 0 N–H and O–H groups in total. The predicted molar refractivity (Wildman–Crippen MR) is 74.0 cm³/mol. The maximum atomic E-state index is 12.0. The molecule has 1 aliphatic heterocycles. The third-order valence-corrected chi connectivity index (χ3v) is 4.27. The number of carbonyl (C=O) groups is 1. The minimum Gasteiger partial charge on any atom is -0.486 e. The van der Waals surface area contributed by atoms with Gasteiger partial charge in [0.1, 0.15) is 13.2 Å². The van der Waals surface area contributed by atoms with Gasteiger partial charge in [0, 0.05) is 10.8 Å². The molecule has 0 saturated carbocycles. The quantitative estimate of drug-likeness (QED) is 0.767. The molecule has 0 amide bonds. The van der Waals surface area contributed by atoms with Crippen LogP contribution in [0.25, 0.3) is 0 Å². The Morgan fingerprint density at radius 2 is 2.06 bits per heavy atom. The lowest BCUT2D eigenvalue weighted by Gasteiger charge is -2.18. The highest BCUT2D eigenvalue weighted by Gasteiger charge is 2.15. The van der Waals surface area contributed by atoms with Crippen molar-refractivity contribution in [2.45, 2.75) is 25.5 Å². The first-order valence-corrected chi connectivity index (χ1v) is 7.30. The summed E-state index contributed by atoms with van der Waals surface area (Å²) in [7, 11) is 0. The van der Waals surface area contributed by atoms with E-state index in [1.54, 1.807) is 17.8 Å². The summed E-state index contributed by atoms with van der Waals surface area (Å²) in [5, 5.41) is 0.520. The van der Waals surface area contributed by atoms with Gasteiger partial charge in [0.2, 0.25) is 0 Å². The number of hydrogen-bond acceptors (Lipinski definition) is 4. The molecule has 0 bridgehead atoms. The Balaban J connectivity index is 2.02. The van der Waals surface area contributed by atoms with Crippen LogP contribution < -0.4 is 9.47 Å². The topological polar surface area (TPSA) is 35.5 Å². The third-order valence-electron chi connectivity index (χ3n) is 2.94. The van der Waals surface area contributed by atoms with Gasteiger partial charge in [-0.3, -0.25) is 4.79 Å². The summed E-state index contributed by atoms with van der Waals surface area (Å²) in [6.07, 6.45) is 1.08. The second-order valence-electron chi connectivity index (χ2n) is 4.31. The van der Waals surface area contributed by atoms with E-state index in [1.807, 2.05) is 12.1 Å². The number of ether oxygens (including phenoxy) is 2. The van der Waals surface area contributed by atoms with Crippen molar-refractivity contribution in [2.75, 3.05) is 19.0 Å². The maximum Gasteiger partial charge on any atom is 0.172 e. The number of hydrogen-bond donors (Lipinski definition) is 0. The number of fused-ring (bicyclic) bond motifs is 1. The van der Waals surface area contributed by atoms with Crippen molar-refractivity contribution in [2.24, 2.45) is 0 Å². The average molecular weight is 266 g/mol. The van der Waals surface area contributed by atoms with Crippen LogP contribution in [0, 0.1) is 0 Å². The molecule has 1 atom stereocenters. The third kappa shape index (κ3) is 3.19. The lowest BCUT2D eigenvalue weighted by molar-refractivity contribution is 0.102. The van der Waals surface area contributed by atoms with E-state index in [4.69, 9.17) is 9.47 Å². The van der Waals surface area contributed by atoms with Crippen molar-refractivity contribution in [3.05, 3.63) is 23.8 Å². The minimum atomic E-state index is 0.150. The Kier molecular flexibility index (Phi) is 4.53. The number of thioether (sulfide) groups is 1. The molecule has 98 valence electrons. The number of benzene rings is 1. The minimum absolute atomic E-state index is 0.150. The zero-order chi connectivity index (χ0) is 13.0. The molecule has 18 heavy (non-hydrogen) atoms. The van der Waals surface area contributed by atoms with Gasteiger partial charge in [-0.15, -0.1) is 0 Å². The zero-order valence-corrected chi connectivity index (χ0v) is 11.6. The Hall–Kier alpha value is -1.16. The van der Waals surface area contributed by atoms with Crippen molar-refractivity contribution in [1.29, 1.82) is 0 Å². The van der Waals surface area contributed by atoms with E-state index in [1.165, 1.54) is 0 Å². The lowest BCUT2D eigenvalue weighted by Crippen LogP contribution is -2.16. The van der Waals surface area contributed by atoms with Gasteiger partial charge in [-0.1, -0.05) is 13.8 Å². The van der Waals surface area contributed by atoms with Crippen molar-refractivity contribution in [1.82, 2.24) is 0 Å². The fraction of sp³-hybridized carbons (Fsp3) is 0.500. The largest absolute Gasteiger partial charge is 0.486 e. The molecule has 0 spiro atoms. The molecule has 3 nitrogen and oxygen atoms in total. The van der Waals surface area contributed by atoms with Crippen LogP contribution in [0.1, 0.15) is 30.6 Å². The van der Waals surface area contributed by atoms with E-state index in [9.17, 15) is 4.79 Å². The van der Waals surface area contributed by atoms with Crippen LogP contribution in [0.3, 0.4) is 0 Å². The smallest absolute Gasteiger partial charge is 0.172 e. The van der Waals surface area contributed by atoms with E-state index >= 15 is 0 Å². The van der Waals surface area contributed by atoms with Gasteiger partial charge in [0.25, 0.3) is 0 Å². The first kappa shape index (κ1) is 13.3. The second kappa shape index (κ2) is 6.14. The lowest BCUT2D eigenvalue weighted by atomic mass is 10.1. The van der Waals surface area contributed by atoms with Gasteiger partial charge < -0.3 is 9.47 Å². The summed E-state index contributed by atoms with van der Waals surface area (Å²) in [5.41, 5.74) is 0.704. The SMILES string of the molecule is CCC(C)SCC(=O)c1ccc2c(c1)OCCO2. The number of ketones is 1. The van der Waals surface area contributed by atoms with Crippen LogP contribution in [0.2, 0.25) is 0 Å². The highest BCUT2D eigenvalue weighted by atomic mass is 32.2. The monoisotopic (exact) mass is 266 g/mol. The first-order chi connectivity index (χ1) is 8.70. The van der Waals surface area contributed by atoms with Gasteiger partial charge in [-0.25, -0.2) is 0 Å². The van der Waals surface area contributed by atoms with Gasteiger partial charge in [-0.2, -0.15) is 11.8 Å². The fourth-order valence-corrected chi connectivity index (χ4v) is 2.47. The highest BCUT2D eigenvalue weighted by molar-refractivity contribution is 8.00. The Morgan fingerprint density at radius 3 is 2.78 bits per heavy atom. The molecule has 0 radical (unpaired) electrons. The summed E-state index contributed by atoms with van der Waals surface area (Å²) < 4.78 is 10.9. The van der Waals surface area contributed by atoms with Gasteiger partial charge in [0.05, 0.1) is 5.75 Å². The normalized spacial score (nSPS) is 15.2. The van der Waals surface area contributed by atoms with Crippen LogP contribution in [-0.4, -0.2) is 30.0 Å². The molecule has 1 aromatic rings. The van der Waals surface area contributed by atoms with Gasteiger partial charge in [-0.05, 0) is 24.6 Å². The van der Waals surface area contributed by atoms with E-state index in [-0.39, 0.29) is 5.78 Å². The highest BCUT2D eigenvalue weighted by Crippen LogP contribution is 2.31. The molecule has 1 aliphatic rings. The Morgan fingerprint density at radius 1 is 1.33 bits per heavy atom. The number of rotatable bonds is 5. The van der Waals surface area contributed by atoms with Crippen LogP contribution in [0.15, 0.2) is 18.2 Å². The molecule has 1 heterocycles. The molecule has 1 aromatic carbocycles. The fourth-order valence-electron chi connectivity index (χ4n) is 1.64. The van der Waals surface area contributed by atoms with E-state index < -0.39 is 0 Å². The van der Waals surface area contributed by atoms with Crippen LogP contribution in [-0.2, 0) is 0 Å². The molecule has 1 unspecified atom stereocenters. The van der Waals surface area contributed by atoms with Crippen LogP contribution >= 0.6 is 11.8 Å². The second-order valence-corrected chi connectivity index (χ2v) is 5.74. The van der Waals surface area contributed by atoms with E-state index in [0.29, 0.717) is 35.5 Å². The molecule has 0 aliphatic carbocycles. The standard InChI is InChI=1S/C14H18O3S/c1-3-10(2)18-9-12(15)11-4-5-13-14(8-11)17-7-6-16-13/h4-5,8,10H,3,6-7,9H2,1-2H3. The Labute approximate surface area is 112 Å². The molecule has 0 aromatic heterocycles. The number of Topliss-reactive ketones (excluding diaryl/α,β-unsaturated/α-hetero) is 1.